The highest BCUT2D eigenvalue weighted by Crippen LogP contribution is 2.30. The van der Waals surface area contributed by atoms with E-state index in [0.717, 1.165) is 12.0 Å². The zero-order valence-electron chi connectivity index (χ0n) is 20.2. The van der Waals surface area contributed by atoms with Crippen LogP contribution in [0.4, 0.5) is 5.69 Å². The number of anilines is 1. The average molecular weight is 469 g/mol. The molecular weight excluding hydrogens is 436 g/mol. The van der Waals surface area contributed by atoms with E-state index in [9.17, 15) is 14.4 Å². The van der Waals surface area contributed by atoms with Gasteiger partial charge in [-0.25, -0.2) is 4.90 Å². The molecule has 1 fully saturated rings. The summed E-state index contributed by atoms with van der Waals surface area (Å²) in [6.45, 7) is 4.67. The van der Waals surface area contributed by atoms with E-state index in [-0.39, 0.29) is 30.6 Å². The molecule has 0 aliphatic carbocycles. The standard InChI is InChI=1S/C26H32N2O6/c1-5-15-34-20-10-8-19(9-11-20)28-25(30)17-21(26(28)31)27(24(29)6-2)14-13-18-7-12-22(32-3)23(16-18)33-4/h7-12,16,21H,5-6,13-15,17H2,1-4H3. The van der Waals surface area contributed by atoms with Gasteiger partial charge in [-0.15, -0.1) is 0 Å². The Morgan fingerprint density at radius 1 is 1.03 bits per heavy atom. The highest BCUT2D eigenvalue weighted by Gasteiger charge is 2.43. The molecule has 2 aromatic rings. The van der Waals surface area contributed by atoms with Gasteiger partial charge in [0.1, 0.15) is 11.8 Å². The second-order valence-electron chi connectivity index (χ2n) is 8.01. The Balaban J connectivity index is 1.76. The highest BCUT2D eigenvalue weighted by molar-refractivity contribution is 6.23. The van der Waals surface area contributed by atoms with Gasteiger partial charge in [0.2, 0.25) is 11.8 Å². The molecule has 0 bridgehead atoms. The monoisotopic (exact) mass is 468 g/mol. The SMILES string of the molecule is CCCOc1ccc(N2C(=O)CC(N(CCc3ccc(OC)c(OC)c3)C(=O)CC)C2=O)cc1. The molecule has 1 aliphatic rings. The minimum absolute atomic E-state index is 0.0371. The molecule has 1 aliphatic heterocycles. The van der Waals surface area contributed by atoms with Gasteiger partial charge in [0, 0.05) is 13.0 Å². The molecular formula is C26H32N2O6. The molecule has 3 amide bonds. The van der Waals surface area contributed by atoms with Crippen LogP contribution < -0.4 is 19.1 Å². The van der Waals surface area contributed by atoms with Crippen LogP contribution in [0.3, 0.4) is 0 Å². The first-order valence-corrected chi connectivity index (χ1v) is 11.5. The van der Waals surface area contributed by atoms with Crippen molar-refractivity contribution in [2.45, 2.75) is 45.6 Å². The van der Waals surface area contributed by atoms with Gasteiger partial charge in [0.25, 0.3) is 5.91 Å². The predicted octanol–water partition coefficient (Wildman–Crippen LogP) is 3.61. The van der Waals surface area contributed by atoms with Crippen LogP contribution in [0, 0.1) is 0 Å². The van der Waals surface area contributed by atoms with Gasteiger partial charge in [0.05, 0.1) is 32.9 Å². The number of rotatable bonds is 11. The maximum Gasteiger partial charge on any atom is 0.257 e. The Bertz CT molecular complexity index is 1020. The van der Waals surface area contributed by atoms with E-state index < -0.39 is 6.04 Å². The van der Waals surface area contributed by atoms with Crippen molar-refractivity contribution in [2.24, 2.45) is 0 Å². The minimum atomic E-state index is -0.823. The lowest BCUT2D eigenvalue weighted by Gasteiger charge is -2.27. The number of imide groups is 1. The molecule has 2 aromatic carbocycles. The highest BCUT2D eigenvalue weighted by atomic mass is 16.5. The molecule has 0 saturated carbocycles. The van der Waals surface area contributed by atoms with Gasteiger partial charge >= 0.3 is 0 Å². The van der Waals surface area contributed by atoms with Crippen molar-refractivity contribution in [2.75, 3.05) is 32.3 Å². The maximum atomic E-state index is 13.3. The molecule has 1 saturated heterocycles. The second-order valence-corrected chi connectivity index (χ2v) is 8.01. The molecule has 0 spiro atoms. The first-order chi connectivity index (χ1) is 16.4. The van der Waals surface area contributed by atoms with E-state index in [4.69, 9.17) is 14.2 Å². The summed E-state index contributed by atoms with van der Waals surface area (Å²) in [4.78, 5) is 41.5. The third kappa shape index (κ3) is 5.50. The summed E-state index contributed by atoms with van der Waals surface area (Å²) in [5.41, 5.74) is 1.41. The van der Waals surface area contributed by atoms with Crippen LogP contribution in [0.2, 0.25) is 0 Å². The Morgan fingerprint density at radius 3 is 2.35 bits per heavy atom. The summed E-state index contributed by atoms with van der Waals surface area (Å²) < 4.78 is 16.2. The lowest BCUT2D eigenvalue weighted by atomic mass is 10.1. The van der Waals surface area contributed by atoms with E-state index in [1.54, 1.807) is 51.5 Å². The van der Waals surface area contributed by atoms with Gasteiger partial charge < -0.3 is 19.1 Å². The number of benzene rings is 2. The number of hydrogen-bond acceptors (Lipinski definition) is 6. The summed E-state index contributed by atoms with van der Waals surface area (Å²) in [7, 11) is 3.13. The largest absolute Gasteiger partial charge is 0.494 e. The van der Waals surface area contributed by atoms with Gasteiger partial charge in [0.15, 0.2) is 11.5 Å². The van der Waals surface area contributed by atoms with Crippen molar-refractivity contribution in [1.82, 2.24) is 4.90 Å². The summed E-state index contributed by atoms with van der Waals surface area (Å²) in [5, 5.41) is 0. The fourth-order valence-electron chi connectivity index (χ4n) is 3.99. The Kier molecular flexibility index (Phi) is 8.51. The first-order valence-electron chi connectivity index (χ1n) is 11.5. The summed E-state index contributed by atoms with van der Waals surface area (Å²) in [6, 6.07) is 11.6. The molecule has 0 N–H and O–H groups in total. The molecule has 182 valence electrons. The molecule has 8 nitrogen and oxygen atoms in total. The van der Waals surface area contributed by atoms with Gasteiger partial charge in [-0.2, -0.15) is 0 Å². The molecule has 8 heteroatoms. The zero-order chi connectivity index (χ0) is 24.7. The summed E-state index contributed by atoms with van der Waals surface area (Å²) >= 11 is 0. The molecule has 0 radical (unpaired) electrons. The van der Waals surface area contributed by atoms with Crippen molar-refractivity contribution < 1.29 is 28.6 Å². The zero-order valence-corrected chi connectivity index (χ0v) is 20.2. The third-order valence-corrected chi connectivity index (χ3v) is 5.78. The second kappa shape index (κ2) is 11.5. The quantitative estimate of drug-likeness (QED) is 0.469. The Labute approximate surface area is 200 Å². The van der Waals surface area contributed by atoms with Crippen molar-refractivity contribution in [3.8, 4) is 17.2 Å². The number of hydrogen-bond donors (Lipinski definition) is 0. The number of amides is 3. The van der Waals surface area contributed by atoms with Gasteiger partial charge in [-0.05, 0) is 54.8 Å². The van der Waals surface area contributed by atoms with E-state index in [1.807, 2.05) is 19.1 Å². The Morgan fingerprint density at radius 2 is 1.74 bits per heavy atom. The smallest absolute Gasteiger partial charge is 0.257 e. The molecule has 0 aromatic heterocycles. The fourth-order valence-corrected chi connectivity index (χ4v) is 3.99. The lowest BCUT2D eigenvalue weighted by molar-refractivity contribution is -0.138. The van der Waals surface area contributed by atoms with E-state index >= 15 is 0 Å². The van der Waals surface area contributed by atoms with Crippen molar-refractivity contribution in [3.05, 3.63) is 48.0 Å². The van der Waals surface area contributed by atoms with Crippen molar-refractivity contribution in [3.63, 3.8) is 0 Å². The minimum Gasteiger partial charge on any atom is -0.494 e. The number of ether oxygens (including phenoxy) is 3. The van der Waals surface area contributed by atoms with Crippen LogP contribution in [-0.2, 0) is 20.8 Å². The number of carbonyl (C=O) groups excluding carboxylic acids is 3. The van der Waals surface area contributed by atoms with Crippen LogP contribution in [0.5, 0.6) is 17.2 Å². The topological polar surface area (TPSA) is 85.4 Å². The van der Waals surface area contributed by atoms with Crippen LogP contribution >= 0.6 is 0 Å². The molecule has 1 unspecified atom stereocenters. The Hall–Kier alpha value is -3.55. The maximum absolute atomic E-state index is 13.3. The molecule has 34 heavy (non-hydrogen) atoms. The average Bonchev–Trinajstić information content (AvgIpc) is 3.16. The summed E-state index contributed by atoms with van der Waals surface area (Å²) in [6.07, 6.45) is 1.60. The van der Waals surface area contributed by atoms with Crippen LogP contribution in [0.1, 0.15) is 38.7 Å². The van der Waals surface area contributed by atoms with Crippen molar-refractivity contribution in [1.29, 1.82) is 0 Å². The van der Waals surface area contributed by atoms with E-state index in [0.29, 0.717) is 42.5 Å². The third-order valence-electron chi connectivity index (χ3n) is 5.78. The van der Waals surface area contributed by atoms with Crippen LogP contribution in [0.25, 0.3) is 0 Å². The predicted molar refractivity (Wildman–Crippen MR) is 128 cm³/mol. The fraction of sp³-hybridized carbons (Fsp3) is 0.423. The first kappa shape index (κ1) is 25.1. The van der Waals surface area contributed by atoms with Crippen LogP contribution in [-0.4, -0.2) is 56.0 Å². The molecule has 1 atom stereocenters. The molecule has 1 heterocycles. The van der Waals surface area contributed by atoms with Crippen LogP contribution in [0.15, 0.2) is 42.5 Å². The number of carbonyl (C=O) groups is 3. The summed E-state index contributed by atoms with van der Waals surface area (Å²) in [5.74, 6) is 1.01. The normalized spacial score (nSPS) is 15.4. The van der Waals surface area contributed by atoms with E-state index in [2.05, 4.69) is 0 Å². The number of methoxy groups -OCH3 is 2. The van der Waals surface area contributed by atoms with E-state index in [1.165, 1.54) is 9.80 Å². The number of nitrogens with zero attached hydrogens (tertiary/aromatic N) is 2. The molecule has 3 rings (SSSR count). The lowest BCUT2D eigenvalue weighted by Crippen LogP contribution is -2.46. The van der Waals surface area contributed by atoms with Crippen molar-refractivity contribution >= 4 is 23.4 Å². The van der Waals surface area contributed by atoms with Gasteiger partial charge in [-0.1, -0.05) is 19.9 Å². The van der Waals surface area contributed by atoms with Gasteiger partial charge in [-0.3, -0.25) is 14.4 Å².